The lowest BCUT2D eigenvalue weighted by Crippen LogP contribution is -2.52. The normalized spacial score (nSPS) is 16.7. The number of aromatic hydroxyl groups is 1. The van der Waals surface area contributed by atoms with E-state index in [9.17, 15) is 19.8 Å². The lowest BCUT2D eigenvalue weighted by Gasteiger charge is -2.38. The molecule has 6 atom stereocenters. The molecule has 4 aromatic rings. The topological polar surface area (TPSA) is 279 Å². The van der Waals surface area contributed by atoms with Crippen LogP contribution in [0.2, 0.25) is 0 Å². The van der Waals surface area contributed by atoms with Gasteiger partial charge in [-0.3, -0.25) is 9.59 Å². The number of benzene rings is 1. The summed E-state index contributed by atoms with van der Waals surface area (Å²) in [5.74, 6) is 3.79. The van der Waals surface area contributed by atoms with Crippen LogP contribution in [0.5, 0.6) is 5.75 Å². The van der Waals surface area contributed by atoms with Crippen molar-refractivity contribution in [2.24, 2.45) is 23.3 Å². The lowest BCUT2D eigenvalue weighted by atomic mass is 9.97. The number of piperazine rings is 2. The lowest BCUT2D eigenvalue weighted by molar-refractivity contribution is -0.137. The second-order valence-electron chi connectivity index (χ2n) is 17.5. The van der Waals surface area contributed by atoms with E-state index in [1.54, 1.807) is 46.0 Å². The quantitative estimate of drug-likeness (QED) is 0.0439. The third-order valence-electron chi connectivity index (χ3n) is 12.7. The summed E-state index contributed by atoms with van der Waals surface area (Å²) in [4.78, 5) is 51.0. The summed E-state index contributed by atoms with van der Waals surface area (Å²) in [6.07, 6.45) is 10.6. The van der Waals surface area contributed by atoms with E-state index in [0.29, 0.717) is 128 Å². The van der Waals surface area contributed by atoms with Crippen molar-refractivity contribution in [3.05, 3.63) is 53.6 Å². The molecule has 0 spiro atoms. The number of aromatic nitrogens is 9. The van der Waals surface area contributed by atoms with Crippen LogP contribution >= 0.6 is 12.4 Å². The highest BCUT2D eigenvalue weighted by Gasteiger charge is 2.35. The average Bonchev–Trinajstić information content (AvgIpc) is 4.08. The molecule has 2 saturated heterocycles. The SMILES string of the molecule is C#CCOCCOCCOCCNc1nc(N2CCN(C(=O)[C@H]([C@@H](C)CC)n3cc([C@@H](N)CO)nn3)CC2)nc(N2CCN(C(=O)[C@H](Cc3ccc(O)cc3)n3cc([C@@H](N)C(C)CC)nn3)CC2)n1.Cl. The molecule has 23 nitrogen and oxygen atoms in total. The highest BCUT2D eigenvalue weighted by molar-refractivity contribution is 5.85. The van der Waals surface area contributed by atoms with E-state index >= 15 is 0 Å². The summed E-state index contributed by atoms with van der Waals surface area (Å²) < 4.78 is 19.7. The van der Waals surface area contributed by atoms with Crippen molar-refractivity contribution in [3.63, 3.8) is 0 Å². The number of anilines is 3. The highest BCUT2D eigenvalue weighted by atomic mass is 35.5. The molecule has 384 valence electrons. The molecule has 2 amide bonds. The summed E-state index contributed by atoms with van der Waals surface area (Å²) in [5, 5.41) is 40.0. The van der Waals surface area contributed by atoms with Gasteiger partial charge in [-0.1, -0.05) is 69.0 Å². The number of terminal acetylenes is 1. The number of phenols is 1. The van der Waals surface area contributed by atoms with Gasteiger partial charge in [0, 0.05) is 65.3 Å². The van der Waals surface area contributed by atoms with Gasteiger partial charge >= 0.3 is 0 Å². The zero-order valence-corrected chi connectivity index (χ0v) is 41.6. The number of hydrogen-bond donors (Lipinski definition) is 5. The van der Waals surface area contributed by atoms with E-state index in [0.717, 1.165) is 18.4 Å². The van der Waals surface area contributed by atoms with Gasteiger partial charge < -0.3 is 60.8 Å². The van der Waals surface area contributed by atoms with Gasteiger partial charge in [0.15, 0.2) is 0 Å². The van der Waals surface area contributed by atoms with Crippen LogP contribution in [0.1, 0.15) is 81.7 Å². The molecule has 0 bridgehead atoms. The first-order chi connectivity index (χ1) is 33.4. The fraction of sp³-hybridized carbons (Fsp3) is 0.630. The predicted octanol–water partition coefficient (Wildman–Crippen LogP) is 1.38. The number of halogens is 1. The minimum Gasteiger partial charge on any atom is -0.508 e. The van der Waals surface area contributed by atoms with Crippen molar-refractivity contribution >= 4 is 42.1 Å². The maximum atomic E-state index is 14.5. The molecule has 3 aromatic heterocycles. The van der Waals surface area contributed by atoms with Crippen molar-refractivity contribution < 1.29 is 34.0 Å². The summed E-state index contributed by atoms with van der Waals surface area (Å²) >= 11 is 0. The number of aliphatic hydroxyl groups excluding tert-OH is 1. The van der Waals surface area contributed by atoms with Crippen molar-refractivity contribution in [3.8, 4) is 18.1 Å². The van der Waals surface area contributed by atoms with E-state index in [1.807, 2.05) is 33.4 Å². The molecular formula is C46H71ClN16O7. The molecule has 24 heteroatoms. The van der Waals surface area contributed by atoms with Crippen molar-refractivity contribution in [1.82, 2.24) is 54.7 Å². The molecule has 2 aliphatic rings. The number of rotatable bonds is 26. The van der Waals surface area contributed by atoms with Gasteiger partial charge in [-0.05, 0) is 29.5 Å². The molecule has 0 saturated carbocycles. The standard InChI is InChI=1S/C46H70N16O7.ClH/c1-6-22-67-24-26-69-27-25-68-23-13-49-44-50-45(52-46(51-44)60-20-16-58(17-21-60)43(66)41(33(5)8-3)62-29-37(53-56-62)36(47)31-63)59-18-14-57(15-19-59)42(65)39(28-34-9-11-35(64)12-10-34)61-30-38(54-55-61)40(48)32(4)7-2;/h1,9-12,29-30,32-33,36,39-41,63-64H,7-8,13-28,31,47-48H2,2-5H3,(H,49,50,51,52);1H/t32?,33-,36-,39-,40-,41-;/m0./s1. The fourth-order valence-electron chi connectivity index (χ4n) is 7.99. The number of phenolic OH excluding ortho intramolecular Hbond substituents is 1. The summed E-state index contributed by atoms with van der Waals surface area (Å²) in [6, 6.07) is 4.51. The Morgan fingerprint density at radius 1 is 0.757 bits per heavy atom. The van der Waals surface area contributed by atoms with Gasteiger partial charge in [-0.15, -0.1) is 29.0 Å². The van der Waals surface area contributed by atoms with Crippen LogP contribution < -0.4 is 26.6 Å². The van der Waals surface area contributed by atoms with Gasteiger partial charge in [0.1, 0.15) is 30.1 Å². The zero-order chi connectivity index (χ0) is 49.3. The second kappa shape index (κ2) is 27.6. The maximum Gasteiger partial charge on any atom is 0.247 e. The number of nitrogens with zero attached hydrogens (tertiary/aromatic N) is 13. The number of nitrogens with two attached hydrogens (primary N) is 2. The predicted molar refractivity (Wildman–Crippen MR) is 264 cm³/mol. The first-order valence-electron chi connectivity index (χ1n) is 23.9. The van der Waals surface area contributed by atoms with E-state index in [1.165, 1.54) is 0 Å². The third kappa shape index (κ3) is 14.9. The molecule has 6 rings (SSSR count). The summed E-state index contributed by atoms with van der Waals surface area (Å²) in [6.45, 7) is 14.0. The molecule has 1 aromatic carbocycles. The molecule has 0 aliphatic carbocycles. The van der Waals surface area contributed by atoms with E-state index in [2.05, 4.69) is 45.7 Å². The Kier molecular flexibility index (Phi) is 21.8. The second-order valence-corrected chi connectivity index (χ2v) is 17.5. The Labute approximate surface area is 416 Å². The van der Waals surface area contributed by atoms with Crippen molar-refractivity contribution in [1.29, 1.82) is 0 Å². The maximum absolute atomic E-state index is 14.5. The molecule has 7 N–H and O–H groups in total. The fourth-order valence-corrected chi connectivity index (χ4v) is 7.99. The van der Waals surface area contributed by atoms with Gasteiger partial charge in [0.2, 0.25) is 29.7 Å². The van der Waals surface area contributed by atoms with Crippen LogP contribution in [0, 0.1) is 24.2 Å². The van der Waals surface area contributed by atoms with Gasteiger partial charge in [0.25, 0.3) is 0 Å². The van der Waals surface area contributed by atoms with Crippen molar-refractivity contribution in [2.45, 2.75) is 71.1 Å². The Hall–Kier alpha value is -5.74. The number of carbonyl (C=O) groups excluding carboxylic acids is 2. The number of carbonyl (C=O) groups is 2. The van der Waals surface area contributed by atoms with Gasteiger partial charge in [0.05, 0.1) is 69.8 Å². The van der Waals surface area contributed by atoms with E-state index in [-0.39, 0.29) is 61.1 Å². The molecule has 70 heavy (non-hydrogen) atoms. The van der Waals surface area contributed by atoms with Crippen LogP contribution in [0.25, 0.3) is 0 Å². The van der Waals surface area contributed by atoms with Crippen LogP contribution in [0.4, 0.5) is 17.8 Å². The smallest absolute Gasteiger partial charge is 0.247 e. The Morgan fingerprint density at radius 3 is 1.89 bits per heavy atom. The first-order valence-corrected chi connectivity index (χ1v) is 23.9. The Balaban J connectivity index is 0.00000913. The average molecular weight is 996 g/mol. The minimum atomic E-state index is -0.697. The molecule has 2 fully saturated rings. The number of ether oxygens (including phenoxy) is 3. The largest absolute Gasteiger partial charge is 0.508 e. The van der Waals surface area contributed by atoms with Crippen LogP contribution in [-0.2, 0) is 30.2 Å². The first kappa shape index (κ1) is 55.2. The highest BCUT2D eigenvalue weighted by Crippen LogP contribution is 2.28. The van der Waals surface area contributed by atoms with Gasteiger partial charge in [-0.2, -0.15) is 15.0 Å². The molecule has 0 radical (unpaired) electrons. The van der Waals surface area contributed by atoms with Gasteiger partial charge in [-0.25, -0.2) is 9.36 Å². The monoisotopic (exact) mass is 995 g/mol. The van der Waals surface area contributed by atoms with Crippen LogP contribution in [-0.4, -0.2) is 182 Å². The molecule has 2 aliphatic heterocycles. The minimum absolute atomic E-state index is 0. The summed E-state index contributed by atoms with van der Waals surface area (Å²) in [5.41, 5.74) is 14.4. The summed E-state index contributed by atoms with van der Waals surface area (Å²) in [7, 11) is 0. The number of hydrogen-bond acceptors (Lipinski definition) is 19. The number of nitrogens with one attached hydrogen (secondary N) is 1. The molecular weight excluding hydrogens is 924 g/mol. The molecule has 1 unspecified atom stereocenters. The Bertz CT molecular complexity index is 2250. The number of amides is 2. The Morgan fingerprint density at radius 2 is 1.30 bits per heavy atom. The van der Waals surface area contributed by atoms with E-state index < -0.39 is 18.1 Å². The van der Waals surface area contributed by atoms with E-state index in [4.69, 9.17) is 47.1 Å². The molecule has 5 heterocycles. The zero-order valence-electron chi connectivity index (χ0n) is 40.8. The number of aliphatic hydroxyl groups is 1. The van der Waals surface area contributed by atoms with Crippen LogP contribution in [0.3, 0.4) is 0 Å². The third-order valence-corrected chi connectivity index (χ3v) is 12.7. The van der Waals surface area contributed by atoms with Crippen molar-refractivity contribution in [2.75, 3.05) is 120 Å². The van der Waals surface area contributed by atoms with Crippen LogP contribution in [0.15, 0.2) is 36.7 Å².